The topological polar surface area (TPSA) is 101 Å². The van der Waals surface area contributed by atoms with Gasteiger partial charge in [0.25, 0.3) is 15.9 Å². The minimum Gasteiger partial charge on any atom is -0.478 e. The van der Waals surface area contributed by atoms with E-state index >= 15 is 0 Å². The molecule has 0 radical (unpaired) electrons. The van der Waals surface area contributed by atoms with Crippen LogP contribution in [0.1, 0.15) is 46.0 Å². The van der Waals surface area contributed by atoms with Crippen molar-refractivity contribution in [3.05, 3.63) is 143 Å². The van der Waals surface area contributed by atoms with Gasteiger partial charge >= 0.3 is 5.97 Å². The first-order valence-electron chi connectivity index (χ1n) is 12.3. The van der Waals surface area contributed by atoms with Crippen LogP contribution in [0.5, 0.6) is 0 Å². The minimum atomic E-state index is -4.14. The van der Waals surface area contributed by atoms with Crippen molar-refractivity contribution in [1.29, 1.82) is 0 Å². The number of sulfonamides is 1. The van der Waals surface area contributed by atoms with Crippen LogP contribution < -0.4 is 4.72 Å². The van der Waals surface area contributed by atoms with Crippen LogP contribution in [0.25, 0.3) is 17.2 Å². The Bertz CT molecular complexity index is 1620. The van der Waals surface area contributed by atoms with E-state index in [1.807, 2.05) is 65.4 Å². The summed E-state index contributed by atoms with van der Waals surface area (Å²) in [6, 6.07) is 32.8. The van der Waals surface area contributed by atoms with Gasteiger partial charge in [-0.3, -0.25) is 4.79 Å². The lowest BCUT2D eigenvalue weighted by molar-refractivity contribution is -0.114. The van der Waals surface area contributed by atoms with E-state index in [0.717, 1.165) is 52.5 Å². The maximum Gasteiger partial charge on any atom is 0.335 e. The van der Waals surface area contributed by atoms with E-state index in [1.165, 1.54) is 23.8 Å². The molecule has 2 N–H and O–H groups in total. The number of hydrogen-bond acceptors (Lipinski definition) is 4. The fraction of sp³-hybridized carbons (Fsp3) is 0.0625. The smallest absolute Gasteiger partial charge is 0.335 e. The summed E-state index contributed by atoms with van der Waals surface area (Å²) in [6.45, 7) is 2.13. The third-order valence-corrected chi connectivity index (χ3v) is 7.48. The Morgan fingerprint density at radius 2 is 1.23 bits per heavy atom. The highest BCUT2D eigenvalue weighted by atomic mass is 32.2. The van der Waals surface area contributed by atoms with Gasteiger partial charge in [-0.1, -0.05) is 91.9 Å². The fourth-order valence-electron chi connectivity index (χ4n) is 4.22. The number of carbonyl (C=O) groups excluding carboxylic acids is 1. The molecule has 6 nitrogen and oxygen atoms in total. The van der Waals surface area contributed by atoms with Gasteiger partial charge in [0, 0.05) is 6.08 Å². The van der Waals surface area contributed by atoms with Crippen molar-refractivity contribution in [2.45, 2.75) is 18.2 Å². The van der Waals surface area contributed by atoms with E-state index in [9.17, 15) is 18.0 Å². The third-order valence-electron chi connectivity index (χ3n) is 6.11. The Kier molecular flexibility index (Phi) is 8.53. The number of benzene rings is 4. The first-order valence-corrected chi connectivity index (χ1v) is 13.8. The molecule has 0 heterocycles. The number of aromatic carboxylic acids is 1. The van der Waals surface area contributed by atoms with Gasteiger partial charge in [-0.25, -0.2) is 17.9 Å². The number of carboxylic acids is 1. The standard InChI is InChI=1S/C32H27NO5S/c1-2-29(24-9-5-3-6-10-24)31(25-11-7-4-8-12-25)26-16-13-23(14-17-26)15-22-30(34)33-39(37,38)28-20-18-27(19-21-28)32(35)36/h3-22H,2H2,1H3,(H,33,34)(H,35,36)/b22-15+,31-29-. The molecule has 0 fully saturated rings. The van der Waals surface area contributed by atoms with E-state index in [1.54, 1.807) is 0 Å². The summed E-state index contributed by atoms with van der Waals surface area (Å²) in [5.74, 6) is -1.99. The van der Waals surface area contributed by atoms with Crippen molar-refractivity contribution in [3.63, 3.8) is 0 Å². The summed E-state index contributed by atoms with van der Waals surface area (Å²) in [5, 5.41) is 8.97. The summed E-state index contributed by atoms with van der Waals surface area (Å²) in [6.07, 6.45) is 3.52. The van der Waals surface area contributed by atoms with E-state index in [2.05, 4.69) is 31.2 Å². The van der Waals surface area contributed by atoms with Crippen LogP contribution in [0.15, 0.2) is 120 Å². The predicted molar refractivity (Wildman–Crippen MR) is 153 cm³/mol. The number of hydrogen-bond donors (Lipinski definition) is 2. The maximum absolute atomic E-state index is 12.5. The van der Waals surface area contributed by atoms with Crippen molar-refractivity contribution < 1.29 is 23.1 Å². The molecular weight excluding hydrogens is 510 g/mol. The number of amides is 1. The number of allylic oxidation sites excluding steroid dienone is 1. The number of nitrogens with one attached hydrogen (secondary N) is 1. The first kappa shape index (κ1) is 27.3. The zero-order chi connectivity index (χ0) is 27.8. The van der Waals surface area contributed by atoms with Crippen LogP contribution in [0.3, 0.4) is 0 Å². The number of carbonyl (C=O) groups is 2. The molecule has 0 saturated heterocycles. The first-order chi connectivity index (χ1) is 18.8. The molecular formula is C32H27NO5S. The second-order valence-electron chi connectivity index (χ2n) is 8.69. The minimum absolute atomic E-state index is 0.0521. The Balaban J connectivity index is 1.56. The normalized spacial score (nSPS) is 12.1. The molecule has 0 aliphatic heterocycles. The van der Waals surface area contributed by atoms with Crippen LogP contribution in [-0.2, 0) is 14.8 Å². The molecule has 1 amide bonds. The molecule has 39 heavy (non-hydrogen) atoms. The van der Waals surface area contributed by atoms with Gasteiger partial charge in [-0.2, -0.15) is 0 Å². The molecule has 0 spiro atoms. The summed E-state index contributed by atoms with van der Waals surface area (Å²) < 4.78 is 26.9. The van der Waals surface area contributed by atoms with Gasteiger partial charge < -0.3 is 5.11 Å². The largest absolute Gasteiger partial charge is 0.478 e. The van der Waals surface area contributed by atoms with Crippen LogP contribution in [0.2, 0.25) is 0 Å². The van der Waals surface area contributed by atoms with Crippen molar-refractivity contribution in [2.24, 2.45) is 0 Å². The summed E-state index contributed by atoms with van der Waals surface area (Å²) >= 11 is 0. The molecule has 0 saturated carbocycles. The summed E-state index contributed by atoms with van der Waals surface area (Å²) in [7, 11) is -4.14. The molecule has 0 aliphatic rings. The Morgan fingerprint density at radius 3 is 1.77 bits per heavy atom. The Hall–Kier alpha value is -4.75. The highest BCUT2D eigenvalue weighted by Crippen LogP contribution is 2.34. The average Bonchev–Trinajstić information content (AvgIpc) is 2.96. The zero-order valence-corrected chi connectivity index (χ0v) is 22.1. The molecule has 4 rings (SSSR count). The quantitative estimate of drug-likeness (QED) is 0.194. The van der Waals surface area contributed by atoms with Crippen molar-refractivity contribution >= 4 is 39.1 Å². The predicted octanol–water partition coefficient (Wildman–Crippen LogP) is 6.27. The van der Waals surface area contributed by atoms with Gasteiger partial charge in [-0.15, -0.1) is 0 Å². The van der Waals surface area contributed by atoms with Crippen LogP contribution in [0.4, 0.5) is 0 Å². The molecule has 0 aliphatic carbocycles. The number of rotatable bonds is 9. The second-order valence-corrected chi connectivity index (χ2v) is 10.4. The van der Waals surface area contributed by atoms with Gasteiger partial charge in [0.15, 0.2) is 0 Å². The van der Waals surface area contributed by atoms with E-state index in [4.69, 9.17) is 5.11 Å². The van der Waals surface area contributed by atoms with Gasteiger partial charge in [0.2, 0.25) is 0 Å². The average molecular weight is 538 g/mol. The van der Waals surface area contributed by atoms with E-state index in [0.29, 0.717) is 0 Å². The lowest BCUT2D eigenvalue weighted by Crippen LogP contribution is -2.29. The van der Waals surface area contributed by atoms with E-state index < -0.39 is 21.9 Å². The Labute approximate surface area is 228 Å². The van der Waals surface area contributed by atoms with Gasteiger partial charge in [-0.05, 0) is 70.2 Å². The van der Waals surface area contributed by atoms with Crippen molar-refractivity contribution in [2.75, 3.05) is 0 Å². The monoisotopic (exact) mass is 537 g/mol. The second kappa shape index (κ2) is 12.2. The summed E-state index contributed by atoms with van der Waals surface area (Å²) in [4.78, 5) is 23.1. The fourth-order valence-corrected chi connectivity index (χ4v) is 5.16. The summed E-state index contributed by atoms with van der Waals surface area (Å²) in [5.41, 5.74) is 6.28. The van der Waals surface area contributed by atoms with Gasteiger partial charge in [0.1, 0.15) is 0 Å². The van der Waals surface area contributed by atoms with Crippen LogP contribution in [-0.4, -0.2) is 25.4 Å². The lowest BCUT2D eigenvalue weighted by atomic mass is 9.88. The Morgan fingerprint density at radius 1 is 0.718 bits per heavy atom. The molecule has 4 aromatic rings. The SMILES string of the molecule is CC/C(=C(\c1ccccc1)c1ccc(/C=C/C(=O)NS(=O)(=O)c2ccc(C(=O)O)cc2)cc1)c1ccccc1. The molecule has 196 valence electrons. The highest BCUT2D eigenvalue weighted by Gasteiger charge is 2.17. The molecule has 0 aromatic heterocycles. The van der Waals surface area contributed by atoms with Crippen molar-refractivity contribution in [3.8, 4) is 0 Å². The highest BCUT2D eigenvalue weighted by molar-refractivity contribution is 7.90. The molecule has 4 aromatic carbocycles. The molecule has 0 atom stereocenters. The molecule has 7 heteroatoms. The maximum atomic E-state index is 12.5. The van der Waals surface area contributed by atoms with Crippen molar-refractivity contribution in [1.82, 2.24) is 4.72 Å². The third kappa shape index (κ3) is 6.77. The molecule has 0 unspecified atom stereocenters. The van der Waals surface area contributed by atoms with Crippen LogP contribution >= 0.6 is 0 Å². The van der Waals surface area contributed by atoms with Gasteiger partial charge in [0.05, 0.1) is 10.5 Å². The molecule has 0 bridgehead atoms. The number of carboxylic acid groups (broad SMARTS) is 1. The lowest BCUT2D eigenvalue weighted by Gasteiger charge is -2.16. The van der Waals surface area contributed by atoms with Crippen LogP contribution in [0, 0.1) is 0 Å². The zero-order valence-electron chi connectivity index (χ0n) is 21.2. The van der Waals surface area contributed by atoms with E-state index in [-0.39, 0.29) is 10.5 Å².